The minimum atomic E-state index is -0.165. The van der Waals surface area contributed by atoms with E-state index in [1.807, 2.05) is 0 Å². The minimum absolute atomic E-state index is 0.165. The third-order valence-electron chi connectivity index (χ3n) is 7.29. The molecule has 4 heteroatoms. The quantitative estimate of drug-likeness (QED) is 0.225. The molecule has 2 fully saturated rings. The van der Waals surface area contributed by atoms with E-state index < -0.39 is 0 Å². The van der Waals surface area contributed by atoms with Gasteiger partial charge in [0.25, 0.3) is 0 Å². The van der Waals surface area contributed by atoms with Gasteiger partial charge in [-0.05, 0) is 76.0 Å². The van der Waals surface area contributed by atoms with Crippen LogP contribution in [-0.4, -0.2) is 25.3 Å². The summed E-state index contributed by atoms with van der Waals surface area (Å²) in [7, 11) is 0. The van der Waals surface area contributed by atoms with E-state index in [1.165, 1.54) is 96.8 Å². The van der Waals surface area contributed by atoms with Gasteiger partial charge in [0.2, 0.25) is 0 Å². The molecule has 0 spiro atoms. The van der Waals surface area contributed by atoms with Crippen molar-refractivity contribution in [2.24, 2.45) is 17.8 Å². The predicted octanol–water partition coefficient (Wildman–Crippen LogP) is 6.97. The normalized spacial score (nSPS) is 26.8. The molecule has 0 bridgehead atoms. The molecule has 2 aliphatic carbocycles. The molecule has 0 radical (unpaired) electrons. The molecule has 0 atom stereocenters. The van der Waals surface area contributed by atoms with Crippen LogP contribution in [0.5, 0.6) is 0 Å². The summed E-state index contributed by atoms with van der Waals surface area (Å²) >= 11 is 0. The lowest BCUT2D eigenvalue weighted by atomic mass is 9.71. The standard InChI is InChI=1S/C26H45NO3/c1-22(28)29-19-9-7-5-3-2-4-6-8-10-20-30-26-17-15-25(16-18-26)24-13-11-23(21-27)12-14-24/h23-26H,2-20H2,1H3. The van der Waals surface area contributed by atoms with Gasteiger partial charge < -0.3 is 9.47 Å². The van der Waals surface area contributed by atoms with Crippen LogP contribution in [0.4, 0.5) is 0 Å². The number of hydrogen-bond acceptors (Lipinski definition) is 4. The molecule has 0 amide bonds. The number of rotatable bonds is 14. The van der Waals surface area contributed by atoms with Crippen molar-refractivity contribution in [3.8, 4) is 6.07 Å². The lowest BCUT2D eigenvalue weighted by Crippen LogP contribution is -2.28. The number of hydrogen-bond donors (Lipinski definition) is 0. The van der Waals surface area contributed by atoms with Crippen LogP contribution in [0.25, 0.3) is 0 Å². The van der Waals surface area contributed by atoms with Gasteiger partial charge in [0, 0.05) is 19.4 Å². The molecule has 0 saturated heterocycles. The van der Waals surface area contributed by atoms with Crippen molar-refractivity contribution in [1.82, 2.24) is 0 Å². The van der Waals surface area contributed by atoms with Gasteiger partial charge in [-0.25, -0.2) is 0 Å². The summed E-state index contributed by atoms with van der Waals surface area (Å²) in [6.45, 7) is 3.00. The fraction of sp³-hybridized carbons (Fsp3) is 0.923. The van der Waals surface area contributed by atoms with Crippen LogP contribution in [-0.2, 0) is 14.3 Å². The summed E-state index contributed by atoms with van der Waals surface area (Å²) in [6.07, 6.45) is 21.7. The second kappa shape index (κ2) is 15.7. The Hall–Kier alpha value is -1.08. The molecule has 30 heavy (non-hydrogen) atoms. The van der Waals surface area contributed by atoms with Crippen LogP contribution < -0.4 is 0 Å². The Morgan fingerprint density at radius 2 is 1.20 bits per heavy atom. The molecular formula is C26H45NO3. The number of ether oxygens (including phenoxy) is 2. The molecule has 0 aromatic rings. The predicted molar refractivity (Wildman–Crippen MR) is 121 cm³/mol. The molecule has 2 aliphatic rings. The van der Waals surface area contributed by atoms with Gasteiger partial charge in [-0.2, -0.15) is 5.26 Å². The number of esters is 1. The van der Waals surface area contributed by atoms with Crippen molar-refractivity contribution >= 4 is 5.97 Å². The summed E-state index contributed by atoms with van der Waals surface area (Å²) < 4.78 is 11.1. The van der Waals surface area contributed by atoms with Crippen molar-refractivity contribution in [1.29, 1.82) is 5.26 Å². The summed E-state index contributed by atoms with van der Waals surface area (Å²) in [4.78, 5) is 10.7. The SMILES string of the molecule is CC(=O)OCCCCCCCCCCCOC1CCC(C2CCC(C#N)CC2)CC1. The van der Waals surface area contributed by atoms with E-state index in [0.29, 0.717) is 18.6 Å². The third kappa shape index (κ3) is 10.8. The summed E-state index contributed by atoms with van der Waals surface area (Å²) in [6, 6.07) is 2.46. The Labute approximate surface area is 185 Å². The maximum absolute atomic E-state index is 10.7. The second-order valence-corrected chi connectivity index (χ2v) is 9.67. The topological polar surface area (TPSA) is 59.3 Å². The molecule has 2 rings (SSSR count). The average Bonchev–Trinajstić information content (AvgIpc) is 2.77. The zero-order valence-electron chi connectivity index (χ0n) is 19.4. The first-order valence-electron chi connectivity index (χ1n) is 12.8. The Kier molecular flexibility index (Phi) is 13.2. The van der Waals surface area contributed by atoms with Gasteiger partial charge in [0.15, 0.2) is 0 Å². The molecule has 0 aromatic heterocycles. The van der Waals surface area contributed by atoms with Crippen LogP contribution in [0.1, 0.15) is 116 Å². The highest BCUT2D eigenvalue weighted by atomic mass is 16.5. The van der Waals surface area contributed by atoms with Gasteiger partial charge in [0.05, 0.1) is 18.8 Å². The van der Waals surface area contributed by atoms with Crippen LogP contribution in [0.2, 0.25) is 0 Å². The Morgan fingerprint density at radius 3 is 1.70 bits per heavy atom. The van der Waals surface area contributed by atoms with Gasteiger partial charge in [-0.3, -0.25) is 4.79 Å². The van der Waals surface area contributed by atoms with Gasteiger partial charge in [-0.1, -0.05) is 44.9 Å². The van der Waals surface area contributed by atoms with Crippen LogP contribution >= 0.6 is 0 Å². The highest BCUT2D eigenvalue weighted by Gasteiger charge is 2.30. The number of nitrogens with zero attached hydrogens (tertiary/aromatic N) is 1. The lowest BCUT2D eigenvalue weighted by Gasteiger charge is -2.36. The van der Waals surface area contributed by atoms with Gasteiger partial charge >= 0.3 is 5.97 Å². The highest BCUT2D eigenvalue weighted by Crippen LogP contribution is 2.40. The number of carbonyl (C=O) groups is 1. The van der Waals surface area contributed by atoms with E-state index in [1.54, 1.807) is 0 Å². The van der Waals surface area contributed by atoms with Gasteiger partial charge in [0.1, 0.15) is 0 Å². The van der Waals surface area contributed by atoms with Gasteiger partial charge in [-0.15, -0.1) is 0 Å². The number of nitriles is 1. The monoisotopic (exact) mass is 419 g/mol. The Balaban J connectivity index is 1.34. The van der Waals surface area contributed by atoms with E-state index in [9.17, 15) is 4.79 Å². The van der Waals surface area contributed by atoms with E-state index in [4.69, 9.17) is 14.7 Å². The highest BCUT2D eigenvalue weighted by molar-refractivity contribution is 5.65. The molecule has 0 unspecified atom stereocenters. The van der Waals surface area contributed by atoms with E-state index in [2.05, 4.69) is 6.07 Å². The maximum atomic E-state index is 10.7. The number of carbonyl (C=O) groups excluding carboxylic acids is 1. The van der Waals surface area contributed by atoms with Crippen LogP contribution in [0.15, 0.2) is 0 Å². The minimum Gasteiger partial charge on any atom is -0.466 e. The molecule has 0 aliphatic heterocycles. The first-order chi connectivity index (χ1) is 14.7. The van der Waals surface area contributed by atoms with E-state index in [-0.39, 0.29) is 5.97 Å². The largest absolute Gasteiger partial charge is 0.466 e. The summed E-state index contributed by atoms with van der Waals surface area (Å²) in [5.41, 5.74) is 0. The first-order valence-corrected chi connectivity index (χ1v) is 12.8. The number of unbranched alkanes of at least 4 members (excludes halogenated alkanes) is 8. The molecule has 0 aromatic carbocycles. The fourth-order valence-electron chi connectivity index (χ4n) is 5.35. The molecule has 172 valence electrons. The average molecular weight is 420 g/mol. The Morgan fingerprint density at radius 1 is 0.733 bits per heavy atom. The molecule has 2 saturated carbocycles. The molecule has 4 nitrogen and oxygen atoms in total. The third-order valence-corrected chi connectivity index (χ3v) is 7.29. The van der Waals surface area contributed by atoms with Crippen molar-refractivity contribution in [3.63, 3.8) is 0 Å². The van der Waals surface area contributed by atoms with Crippen LogP contribution in [0.3, 0.4) is 0 Å². The second-order valence-electron chi connectivity index (χ2n) is 9.67. The smallest absolute Gasteiger partial charge is 0.302 e. The van der Waals surface area contributed by atoms with Crippen molar-refractivity contribution in [2.45, 2.75) is 122 Å². The zero-order chi connectivity index (χ0) is 21.4. The molecule has 0 N–H and O–H groups in total. The summed E-state index contributed by atoms with van der Waals surface area (Å²) in [5, 5.41) is 9.07. The Bertz CT molecular complexity index is 485. The van der Waals surface area contributed by atoms with Crippen molar-refractivity contribution in [3.05, 3.63) is 0 Å². The van der Waals surface area contributed by atoms with E-state index >= 15 is 0 Å². The maximum Gasteiger partial charge on any atom is 0.302 e. The fourth-order valence-corrected chi connectivity index (χ4v) is 5.35. The van der Waals surface area contributed by atoms with E-state index in [0.717, 1.165) is 37.7 Å². The van der Waals surface area contributed by atoms with Crippen molar-refractivity contribution < 1.29 is 14.3 Å². The summed E-state index contributed by atoms with van der Waals surface area (Å²) in [5.74, 6) is 1.94. The van der Waals surface area contributed by atoms with Crippen molar-refractivity contribution in [2.75, 3.05) is 13.2 Å². The first kappa shape index (κ1) is 25.2. The van der Waals surface area contributed by atoms with Crippen LogP contribution in [0, 0.1) is 29.1 Å². The molecule has 0 heterocycles. The lowest BCUT2D eigenvalue weighted by molar-refractivity contribution is -0.141. The zero-order valence-corrected chi connectivity index (χ0v) is 19.4. The molecular weight excluding hydrogens is 374 g/mol.